The molecule has 0 heterocycles. The summed E-state index contributed by atoms with van der Waals surface area (Å²) in [5, 5.41) is 8.89. The first kappa shape index (κ1) is 21.8. The van der Waals surface area contributed by atoms with Gasteiger partial charge < -0.3 is 21.4 Å². The maximum Gasteiger partial charge on any atom is 0.198 e. The number of hydrogen-bond donors (Lipinski definition) is 2. The van der Waals surface area contributed by atoms with Crippen molar-refractivity contribution >= 4 is 42.2 Å². The third-order valence-corrected chi connectivity index (χ3v) is 1.33. The highest BCUT2D eigenvalue weighted by Gasteiger charge is 2.21. The first-order valence-electron chi connectivity index (χ1n) is 3.74. The molecule has 0 aromatic heterocycles. The van der Waals surface area contributed by atoms with Gasteiger partial charge in [-0.3, -0.25) is 0 Å². The molecule has 0 radical (unpaired) electrons. The molecule has 10 heteroatoms. The van der Waals surface area contributed by atoms with Gasteiger partial charge in [0.1, 0.15) is 11.4 Å². The van der Waals surface area contributed by atoms with Crippen molar-refractivity contribution in [2.45, 2.75) is 6.92 Å². The number of carbonyl (C=O) groups is 1. The van der Waals surface area contributed by atoms with Crippen molar-refractivity contribution in [3.05, 3.63) is 23.3 Å². The van der Waals surface area contributed by atoms with Crippen LogP contribution in [-0.2, 0) is 4.79 Å². The van der Waals surface area contributed by atoms with E-state index in [9.17, 15) is 17.6 Å². The third-order valence-electron chi connectivity index (χ3n) is 1.33. The molecular weight excluding hydrogens is 303 g/mol. The molecule has 0 aliphatic carbocycles. The van der Waals surface area contributed by atoms with Gasteiger partial charge in [0.15, 0.2) is 23.3 Å². The molecule has 0 aliphatic heterocycles. The van der Waals surface area contributed by atoms with E-state index >= 15 is 0 Å². The predicted molar refractivity (Wildman–Crippen MR) is 60.3 cm³/mol. The topological polar surface area (TPSA) is 92.2 Å². The van der Waals surface area contributed by atoms with Crippen molar-refractivity contribution in [3.63, 3.8) is 0 Å². The molecule has 0 aliphatic rings. The molecule has 106 valence electrons. The fourth-order valence-corrected chi connectivity index (χ4v) is 0.671. The summed E-state index contributed by atoms with van der Waals surface area (Å²) < 4.78 is 49.7. The molecule has 1 rings (SSSR count). The number of benzene rings is 1. The molecule has 0 spiro atoms. The van der Waals surface area contributed by atoms with Crippen LogP contribution in [0.2, 0.25) is 0 Å². The van der Waals surface area contributed by atoms with E-state index in [-0.39, 0.29) is 24.8 Å². The number of hydrogen-bond acceptors (Lipinski definition) is 4. The number of carbonyl (C=O) groups excluding carboxylic acids is 1. The van der Waals surface area contributed by atoms with Crippen molar-refractivity contribution in [1.29, 1.82) is 0 Å². The second kappa shape index (κ2) is 8.65. The summed E-state index contributed by atoms with van der Waals surface area (Å²) >= 11 is 0. The minimum Gasteiger partial charge on any atom is -0.550 e. The Hall–Kier alpha value is -1.41. The fraction of sp³-hybridized carbons (Fsp3) is 0.125. The molecule has 0 saturated heterocycles. The molecule has 18 heavy (non-hydrogen) atoms. The Morgan fingerprint density at radius 1 is 0.889 bits per heavy atom. The number of rotatable bonds is 0. The molecule has 0 atom stereocenters. The quantitative estimate of drug-likeness (QED) is 0.324. The predicted octanol–water partition coefficient (Wildman–Crippen LogP) is 1.01. The second-order valence-electron chi connectivity index (χ2n) is 2.57. The van der Waals surface area contributed by atoms with Crippen molar-refractivity contribution in [2.75, 3.05) is 11.5 Å². The van der Waals surface area contributed by atoms with Crippen LogP contribution in [0, 0.1) is 23.3 Å². The molecule has 1 aromatic carbocycles. The fourth-order valence-electron chi connectivity index (χ4n) is 0.671. The van der Waals surface area contributed by atoms with Crippen LogP contribution in [0.5, 0.6) is 0 Å². The maximum absolute atomic E-state index is 12.5. The molecular formula is C8H9Cl2F4N2O2-. The van der Waals surface area contributed by atoms with E-state index in [0.717, 1.165) is 6.92 Å². The third kappa shape index (κ3) is 5.28. The van der Waals surface area contributed by atoms with Crippen molar-refractivity contribution in [3.8, 4) is 0 Å². The number of aliphatic carboxylic acids is 1. The van der Waals surface area contributed by atoms with Gasteiger partial charge in [-0.25, -0.2) is 17.6 Å². The van der Waals surface area contributed by atoms with Crippen LogP contribution in [-0.4, -0.2) is 5.97 Å². The van der Waals surface area contributed by atoms with Gasteiger partial charge in [-0.05, 0) is 6.92 Å². The molecule has 0 bridgehead atoms. The summed E-state index contributed by atoms with van der Waals surface area (Å²) in [5.74, 6) is -7.96. The zero-order valence-corrected chi connectivity index (χ0v) is 10.4. The largest absolute Gasteiger partial charge is 0.550 e. The van der Waals surface area contributed by atoms with Gasteiger partial charge in [0.05, 0.1) is 0 Å². The molecule has 1 aromatic rings. The number of nitrogen functional groups attached to an aromatic ring is 2. The van der Waals surface area contributed by atoms with Crippen LogP contribution >= 0.6 is 24.8 Å². The summed E-state index contributed by atoms with van der Waals surface area (Å²) in [4.78, 5) is 8.89. The highest BCUT2D eigenvalue weighted by Crippen LogP contribution is 2.26. The molecule has 0 saturated carbocycles. The molecule has 0 amide bonds. The summed E-state index contributed by atoms with van der Waals surface area (Å²) in [7, 11) is 0. The summed E-state index contributed by atoms with van der Waals surface area (Å²) in [6.45, 7) is 0.972. The first-order valence-corrected chi connectivity index (χ1v) is 3.74. The highest BCUT2D eigenvalue weighted by molar-refractivity contribution is 5.85. The number of carboxylic acid groups (broad SMARTS) is 1. The van der Waals surface area contributed by atoms with Crippen LogP contribution in [0.3, 0.4) is 0 Å². The van der Waals surface area contributed by atoms with Crippen molar-refractivity contribution in [2.24, 2.45) is 0 Å². The summed E-state index contributed by atoms with van der Waals surface area (Å²) in [6.07, 6.45) is 0. The van der Waals surface area contributed by atoms with Crippen LogP contribution in [0.15, 0.2) is 0 Å². The first-order chi connectivity index (χ1) is 7.20. The molecule has 0 fully saturated rings. The Balaban J connectivity index is -0.000000332. The molecule has 4 N–H and O–H groups in total. The summed E-state index contributed by atoms with van der Waals surface area (Å²) in [5.41, 5.74) is 7.19. The highest BCUT2D eigenvalue weighted by atomic mass is 35.5. The summed E-state index contributed by atoms with van der Waals surface area (Å²) in [6, 6.07) is 0. The maximum atomic E-state index is 12.5. The zero-order chi connectivity index (χ0) is 13.0. The van der Waals surface area contributed by atoms with E-state index in [0.29, 0.717) is 0 Å². The Kier molecular flexibility index (Phi) is 10.5. The van der Waals surface area contributed by atoms with Gasteiger partial charge >= 0.3 is 0 Å². The minimum absolute atomic E-state index is 0. The van der Waals surface area contributed by atoms with E-state index in [4.69, 9.17) is 21.4 Å². The molecule has 4 nitrogen and oxygen atoms in total. The number of anilines is 2. The lowest BCUT2D eigenvalue weighted by molar-refractivity contribution is -0.302. The average Bonchev–Trinajstić information content (AvgIpc) is 2.20. The van der Waals surface area contributed by atoms with Gasteiger partial charge in [-0.1, -0.05) is 0 Å². The van der Waals surface area contributed by atoms with Gasteiger partial charge in [0, 0.05) is 5.97 Å². The van der Waals surface area contributed by atoms with Gasteiger partial charge in [0.2, 0.25) is 0 Å². The zero-order valence-electron chi connectivity index (χ0n) is 8.80. The van der Waals surface area contributed by atoms with Crippen LogP contribution in [0.25, 0.3) is 0 Å². The van der Waals surface area contributed by atoms with Gasteiger partial charge in [-0.2, -0.15) is 0 Å². The van der Waals surface area contributed by atoms with E-state index in [1.807, 2.05) is 0 Å². The lowest BCUT2D eigenvalue weighted by Crippen LogP contribution is -2.16. The Bertz CT molecular complexity index is 323. The van der Waals surface area contributed by atoms with Gasteiger partial charge in [0.25, 0.3) is 0 Å². The minimum atomic E-state index is -1.87. The van der Waals surface area contributed by atoms with Crippen LogP contribution < -0.4 is 16.6 Å². The monoisotopic (exact) mass is 311 g/mol. The van der Waals surface area contributed by atoms with Gasteiger partial charge in [-0.15, -0.1) is 24.8 Å². The standard InChI is InChI=1S/C6H4F4N2.C2H4O2.2ClH/c7-1-2(8)5(11)4(10)6(12)3(1)9;1-2(3)4;;/h11-12H2;1H3,(H,3,4);2*1H/p-1. The van der Waals surface area contributed by atoms with Crippen LogP contribution in [0.4, 0.5) is 28.9 Å². The Labute approximate surface area is 112 Å². The number of carboxylic acids is 1. The normalized spacial score (nSPS) is 8.28. The van der Waals surface area contributed by atoms with Crippen LogP contribution in [0.1, 0.15) is 6.92 Å². The molecule has 0 unspecified atom stereocenters. The SMILES string of the molecule is CC(=O)[O-].Cl.Cl.Nc1c(F)c(N)c(F)c(F)c1F. The average molecular weight is 312 g/mol. The number of halogens is 6. The van der Waals surface area contributed by atoms with E-state index < -0.39 is 40.6 Å². The Morgan fingerprint density at radius 2 is 1.11 bits per heavy atom. The lowest BCUT2D eigenvalue weighted by Gasteiger charge is -2.04. The smallest absolute Gasteiger partial charge is 0.198 e. The van der Waals surface area contributed by atoms with Crippen molar-refractivity contribution < 1.29 is 27.5 Å². The van der Waals surface area contributed by atoms with E-state index in [2.05, 4.69) is 0 Å². The van der Waals surface area contributed by atoms with E-state index in [1.165, 1.54) is 0 Å². The van der Waals surface area contributed by atoms with E-state index in [1.54, 1.807) is 0 Å². The second-order valence-corrected chi connectivity index (χ2v) is 2.57. The van der Waals surface area contributed by atoms with Crippen molar-refractivity contribution in [1.82, 2.24) is 0 Å². The lowest BCUT2D eigenvalue weighted by atomic mass is 10.2. The number of nitrogens with two attached hydrogens (primary N) is 2. The Morgan fingerprint density at radius 3 is 1.33 bits per heavy atom.